The summed E-state index contributed by atoms with van der Waals surface area (Å²) >= 11 is 8.10. The highest BCUT2D eigenvalue weighted by molar-refractivity contribution is 7.98. The fourth-order valence-electron chi connectivity index (χ4n) is 2.02. The van der Waals surface area contributed by atoms with E-state index in [2.05, 4.69) is 26.1 Å². The summed E-state index contributed by atoms with van der Waals surface area (Å²) in [6.07, 6.45) is 1.91. The van der Waals surface area contributed by atoms with Gasteiger partial charge in [0.05, 0.1) is 6.04 Å². The van der Waals surface area contributed by atoms with Crippen molar-refractivity contribution in [1.82, 2.24) is 15.6 Å². The van der Waals surface area contributed by atoms with Gasteiger partial charge >= 0.3 is 0 Å². The molecule has 9 nitrogen and oxygen atoms in total. The number of carbonyl (C=O) groups excluding carboxylic acids is 3. The van der Waals surface area contributed by atoms with Gasteiger partial charge in [-0.3, -0.25) is 14.4 Å². The van der Waals surface area contributed by atoms with Crippen LogP contribution in [0.4, 0.5) is 5.13 Å². The first-order valence-electron chi connectivity index (χ1n) is 7.03. The lowest BCUT2D eigenvalue weighted by atomic mass is 10.0. The lowest BCUT2D eigenvalue weighted by molar-refractivity contribution is -0.134. The number of aromatic nitrogens is 1. The van der Waals surface area contributed by atoms with Gasteiger partial charge in [-0.1, -0.05) is 5.16 Å². The number of thioether (sulfide) groups is 1. The molecule has 0 bridgehead atoms. The van der Waals surface area contributed by atoms with Gasteiger partial charge in [-0.2, -0.15) is 11.8 Å². The number of nitrogens with zero attached hydrogens (tertiary/aromatic N) is 2. The Morgan fingerprint density at radius 2 is 2.32 bits per heavy atom. The zero-order valence-corrected chi connectivity index (χ0v) is 15.8. The highest BCUT2D eigenvalue weighted by Crippen LogP contribution is 2.17. The van der Waals surface area contributed by atoms with Crippen molar-refractivity contribution in [3.63, 3.8) is 0 Å². The van der Waals surface area contributed by atoms with Crippen LogP contribution in [0.2, 0.25) is 0 Å². The van der Waals surface area contributed by atoms with Gasteiger partial charge in [0.1, 0.15) is 24.7 Å². The minimum Gasteiger partial charge on any atom is -0.398 e. The SMILES string of the molecule is CON=C(C(=O)N[C@H]1C(=O)N[C@H]1CSC)c1csc(NC(=O)CCl)n1. The Hall–Kier alpha value is -1.85. The molecule has 1 aromatic heterocycles. The number of oxime groups is 1. The molecule has 1 saturated heterocycles. The Kier molecular flexibility index (Phi) is 7.02. The number of anilines is 1. The van der Waals surface area contributed by atoms with E-state index < -0.39 is 17.9 Å². The van der Waals surface area contributed by atoms with E-state index in [1.165, 1.54) is 7.11 Å². The summed E-state index contributed by atoms with van der Waals surface area (Å²) in [5, 5.41) is 13.3. The third-order valence-corrected chi connectivity index (χ3v) is 4.85. The fourth-order valence-corrected chi connectivity index (χ4v) is 3.44. The number of β-lactam (4-membered cyclic amide) rings is 1. The Morgan fingerprint density at radius 3 is 2.92 bits per heavy atom. The summed E-state index contributed by atoms with van der Waals surface area (Å²) in [6.45, 7) is 0. The molecule has 0 unspecified atom stereocenters. The van der Waals surface area contributed by atoms with E-state index in [0.29, 0.717) is 5.75 Å². The second-order valence-electron chi connectivity index (χ2n) is 4.86. The summed E-state index contributed by atoms with van der Waals surface area (Å²) < 4.78 is 0. The molecule has 3 amide bonds. The zero-order valence-electron chi connectivity index (χ0n) is 13.4. The van der Waals surface area contributed by atoms with E-state index in [1.807, 2.05) is 6.26 Å². The number of amides is 3. The standard InChI is InChI=1S/C13H16ClN5O4S2/c1-23-19-10(7-5-25-13(16-7)17-8(20)3-14)12(22)18-9-6(4-24-2)15-11(9)21/h5-6,9H,3-4H2,1-2H3,(H,15,21)(H,18,22)(H,16,17,20)/t6-,9+/m0/s1. The summed E-state index contributed by atoms with van der Waals surface area (Å²) in [5.74, 6) is -0.782. The molecule has 12 heteroatoms. The molecule has 0 aliphatic carbocycles. The van der Waals surface area contributed by atoms with Crippen LogP contribution >= 0.6 is 34.7 Å². The number of thiazole rings is 1. The van der Waals surface area contributed by atoms with Gasteiger partial charge in [0.2, 0.25) is 11.8 Å². The van der Waals surface area contributed by atoms with Gasteiger partial charge in [0.25, 0.3) is 5.91 Å². The van der Waals surface area contributed by atoms with E-state index in [1.54, 1.807) is 17.1 Å². The summed E-state index contributed by atoms with van der Waals surface area (Å²) in [7, 11) is 1.29. The molecule has 0 spiro atoms. The normalized spacial score (nSPS) is 19.6. The van der Waals surface area contributed by atoms with Crippen LogP contribution in [0, 0.1) is 0 Å². The second kappa shape index (κ2) is 9.02. The van der Waals surface area contributed by atoms with Gasteiger partial charge < -0.3 is 20.8 Å². The van der Waals surface area contributed by atoms with Crippen LogP contribution in [0.15, 0.2) is 10.5 Å². The molecule has 2 heterocycles. The van der Waals surface area contributed by atoms with Crippen LogP contribution in [-0.2, 0) is 19.2 Å². The van der Waals surface area contributed by atoms with Crippen molar-refractivity contribution in [3.05, 3.63) is 11.1 Å². The first-order valence-corrected chi connectivity index (χ1v) is 9.84. The molecule has 2 atom stereocenters. The fraction of sp³-hybridized carbons (Fsp3) is 0.462. The number of carbonyl (C=O) groups is 3. The van der Waals surface area contributed by atoms with Gasteiger partial charge in [-0.05, 0) is 6.26 Å². The van der Waals surface area contributed by atoms with Crippen LogP contribution in [-0.4, -0.2) is 65.5 Å². The van der Waals surface area contributed by atoms with Gasteiger partial charge in [-0.15, -0.1) is 22.9 Å². The van der Waals surface area contributed by atoms with Crippen molar-refractivity contribution in [2.75, 3.05) is 30.3 Å². The molecular formula is C13H16ClN5O4S2. The summed E-state index contributed by atoms with van der Waals surface area (Å²) in [6, 6.07) is -0.764. The maximum Gasteiger partial charge on any atom is 0.276 e. The van der Waals surface area contributed by atoms with E-state index in [4.69, 9.17) is 16.4 Å². The van der Waals surface area contributed by atoms with Crippen molar-refractivity contribution >= 4 is 63.3 Å². The number of hydrogen-bond donors (Lipinski definition) is 3. The van der Waals surface area contributed by atoms with Gasteiger partial charge in [0, 0.05) is 11.1 Å². The van der Waals surface area contributed by atoms with Crippen molar-refractivity contribution in [2.45, 2.75) is 12.1 Å². The first-order chi connectivity index (χ1) is 12.0. The number of nitrogens with one attached hydrogen (secondary N) is 3. The van der Waals surface area contributed by atoms with Gasteiger partial charge in [0.15, 0.2) is 10.8 Å². The molecule has 2 rings (SSSR count). The largest absolute Gasteiger partial charge is 0.398 e. The zero-order chi connectivity index (χ0) is 18.4. The van der Waals surface area contributed by atoms with Crippen LogP contribution < -0.4 is 16.0 Å². The van der Waals surface area contributed by atoms with E-state index in [0.717, 1.165) is 11.3 Å². The van der Waals surface area contributed by atoms with Crippen LogP contribution in [0.5, 0.6) is 0 Å². The quantitative estimate of drug-likeness (QED) is 0.242. The molecule has 0 saturated carbocycles. The Morgan fingerprint density at radius 1 is 1.56 bits per heavy atom. The molecule has 3 N–H and O–H groups in total. The highest BCUT2D eigenvalue weighted by atomic mass is 35.5. The molecule has 1 aliphatic rings. The first kappa shape index (κ1) is 19.5. The second-order valence-corrected chi connectivity index (χ2v) is 6.90. The molecule has 0 radical (unpaired) electrons. The lowest BCUT2D eigenvalue weighted by Crippen LogP contribution is -2.70. The summed E-state index contributed by atoms with van der Waals surface area (Å²) in [4.78, 5) is 44.2. The van der Waals surface area contributed by atoms with E-state index in [-0.39, 0.29) is 34.4 Å². The Labute approximate surface area is 156 Å². The lowest BCUT2D eigenvalue weighted by Gasteiger charge is -2.36. The van der Waals surface area contributed by atoms with Crippen molar-refractivity contribution < 1.29 is 19.2 Å². The number of rotatable bonds is 8. The Bertz CT molecular complexity index is 696. The third-order valence-electron chi connectivity index (χ3n) is 3.16. The Balaban J connectivity index is 2.10. The molecule has 1 fully saturated rings. The van der Waals surface area contributed by atoms with Crippen molar-refractivity contribution in [1.29, 1.82) is 0 Å². The number of hydrogen-bond acceptors (Lipinski definition) is 8. The molecule has 1 aromatic rings. The predicted octanol–water partition coefficient (Wildman–Crippen LogP) is 0.0171. The van der Waals surface area contributed by atoms with Crippen molar-refractivity contribution in [2.24, 2.45) is 5.16 Å². The summed E-state index contributed by atoms with van der Waals surface area (Å²) in [5.41, 5.74) is 0.128. The van der Waals surface area contributed by atoms with Crippen LogP contribution in [0.25, 0.3) is 0 Å². The number of halogens is 1. The maximum atomic E-state index is 12.5. The van der Waals surface area contributed by atoms with E-state index >= 15 is 0 Å². The van der Waals surface area contributed by atoms with E-state index in [9.17, 15) is 14.4 Å². The van der Waals surface area contributed by atoms with Crippen LogP contribution in [0.3, 0.4) is 0 Å². The average molecular weight is 406 g/mol. The minimum atomic E-state index is -0.629. The third kappa shape index (κ3) is 4.83. The van der Waals surface area contributed by atoms with Gasteiger partial charge in [-0.25, -0.2) is 4.98 Å². The molecule has 25 heavy (non-hydrogen) atoms. The number of alkyl halides is 1. The topological polar surface area (TPSA) is 122 Å². The van der Waals surface area contributed by atoms with Crippen LogP contribution in [0.1, 0.15) is 5.69 Å². The highest BCUT2D eigenvalue weighted by Gasteiger charge is 2.40. The maximum absolute atomic E-state index is 12.5. The van der Waals surface area contributed by atoms with Crippen molar-refractivity contribution in [3.8, 4) is 0 Å². The predicted molar refractivity (Wildman–Crippen MR) is 97.3 cm³/mol. The minimum absolute atomic E-state index is 0.0901. The molecule has 136 valence electrons. The smallest absolute Gasteiger partial charge is 0.276 e. The monoisotopic (exact) mass is 405 g/mol. The molecule has 0 aromatic carbocycles. The average Bonchev–Trinajstić information content (AvgIpc) is 3.05. The molecular weight excluding hydrogens is 390 g/mol. The molecule has 1 aliphatic heterocycles.